The zero-order valence-electron chi connectivity index (χ0n) is 16.7. The lowest BCUT2D eigenvalue weighted by atomic mass is 10.1. The van der Waals surface area contributed by atoms with Gasteiger partial charge in [-0.1, -0.05) is 18.2 Å². The molecule has 0 aliphatic carbocycles. The Morgan fingerprint density at radius 2 is 1.58 bits per heavy atom. The Hall–Kier alpha value is -4.05. The van der Waals surface area contributed by atoms with Crippen LogP contribution in [-0.4, -0.2) is 32.1 Å². The van der Waals surface area contributed by atoms with Crippen LogP contribution >= 0.6 is 11.3 Å². The van der Waals surface area contributed by atoms with Crippen LogP contribution in [0.3, 0.4) is 0 Å². The molecule has 31 heavy (non-hydrogen) atoms. The normalized spacial score (nSPS) is 10.1. The van der Waals surface area contributed by atoms with Gasteiger partial charge in [-0.3, -0.25) is 14.9 Å². The summed E-state index contributed by atoms with van der Waals surface area (Å²) < 4.78 is 10.4. The van der Waals surface area contributed by atoms with E-state index in [2.05, 4.69) is 16.0 Å². The quantitative estimate of drug-likeness (QED) is 0.444. The molecule has 0 fully saturated rings. The summed E-state index contributed by atoms with van der Waals surface area (Å²) in [6, 6.07) is 12.9. The van der Waals surface area contributed by atoms with E-state index < -0.39 is 17.8 Å². The third-order valence-corrected chi connectivity index (χ3v) is 5.01. The first-order valence-electron chi connectivity index (χ1n) is 9.00. The average Bonchev–Trinajstić information content (AvgIpc) is 3.22. The molecule has 0 aliphatic rings. The highest BCUT2D eigenvalue weighted by molar-refractivity contribution is 7.14. The van der Waals surface area contributed by atoms with Gasteiger partial charge in [-0.05, 0) is 24.3 Å². The van der Waals surface area contributed by atoms with Crippen LogP contribution in [0.25, 0.3) is 0 Å². The molecule has 2 aromatic carbocycles. The number of hydrogen-bond donors (Lipinski definition) is 4. The van der Waals surface area contributed by atoms with Gasteiger partial charge in [-0.25, -0.2) is 4.79 Å². The Morgan fingerprint density at radius 3 is 2.23 bits per heavy atom. The highest BCUT2D eigenvalue weighted by Crippen LogP contribution is 2.33. The molecular weight excluding hydrogens is 420 g/mol. The van der Waals surface area contributed by atoms with Crippen molar-refractivity contribution in [3.63, 3.8) is 0 Å². The maximum atomic E-state index is 12.7. The second kappa shape index (κ2) is 9.63. The summed E-state index contributed by atoms with van der Waals surface area (Å²) in [5, 5.41) is 10.1. The van der Waals surface area contributed by atoms with E-state index in [0.717, 1.165) is 0 Å². The fourth-order valence-electron chi connectivity index (χ4n) is 2.70. The van der Waals surface area contributed by atoms with Crippen LogP contribution in [0.5, 0.6) is 11.5 Å². The smallest absolute Gasteiger partial charge is 0.324 e. The van der Waals surface area contributed by atoms with Crippen molar-refractivity contribution in [1.82, 2.24) is 0 Å². The molecule has 10 heteroatoms. The number of nitrogens with one attached hydrogen (secondary N) is 3. The minimum Gasteiger partial charge on any atom is -0.493 e. The molecule has 1 heterocycles. The summed E-state index contributed by atoms with van der Waals surface area (Å²) in [5.41, 5.74) is 6.61. The van der Waals surface area contributed by atoms with Crippen LogP contribution in [0.1, 0.15) is 20.7 Å². The second-order valence-corrected chi connectivity index (χ2v) is 7.13. The summed E-state index contributed by atoms with van der Waals surface area (Å²) in [6.07, 6.45) is 0. The summed E-state index contributed by atoms with van der Waals surface area (Å²) in [7, 11) is 2.86. The first-order valence-corrected chi connectivity index (χ1v) is 9.88. The van der Waals surface area contributed by atoms with Crippen molar-refractivity contribution in [3.8, 4) is 11.5 Å². The molecule has 160 valence electrons. The number of benzene rings is 2. The van der Waals surface area contributed by atoms with Crippen molar-refractivity contribution in [1.29, 1.82) is 0 Å². The van der Waals surface area contributed by atoms with Gasteiger partial charge >= 0.3 is 6.03 Å². The number of carbonyl (C=O) groups is 3. The minimum absolute atomic E-state index is 0.0711. The van der Waals surface area contributed by atoms with Crippen LogP contribution in [-0.2, 0) is 0 Å². The van der Waals surface area contributed by atoms with Gasteiger partial charge in [-0.15, -0.1) is 11.3 Å². The first kappa shape index (κ1) is 21.7. The highest BCUT2D eigenvalue weighted by Gasteiger charge is 2.18. The van der Waals surface area contributed by atoms with Gasteiger partial charge in [0.1, 0.15) is 0 Å². The molecule has 5 N–H and O–H groups in total. The topological polar surface area (TPSA) is 132 Å². The van der Waals surface area contributed by atoms with Crippen LogP contribution in [0.15, 0.2) is 53.9 Å². The molecule has 0 unspecified atom stereocenters. The Kier molecular flexibility index (Phi) is 6.73. The number of urea groups is 1. The molecule has 0 spiro atoms. The van der Waals surface area contributed by atoms with Crippen molar-refractivity contribution < 1.29 is 23.9 Å². The molecule has 0 radical (unpaired) electrons. The number of thiophene rings is 1. The molecule has 9 nitrogen and oxygen atoms in total. The number of nitrogens with two attached hydrogens (primary N) is 1. The monoisotopic (exact) mass is 440 g/mol. The predicted molar refractivity (Wildman–Crippen MR) is 119 cm³/mol. The van der Waals surface area contributed by atoms with E-state index in [1.807, 2.05) is 6.07 Å². The SMILES string of the molecule is COc1cc(NC(=O)c2csc(NC(=O)Nc3ccccc3)c2)c(C(N)=O)cc1OC. The standard InChI is InChI=1S/C21H20N4O5S/c1-29-16-9-14(19(22)26)15(10-17(16)30-2)24-20(27)12-8-18(31-11-12)25-21(28)23-13-6-4-3-5-7-13/h3-11H,1-2H3,(H2,22,26)(H,24,27)(H2,23,25,28). The second-order valence-electron chi connectivity index (χ2n) is 6.22. The first-order chi connectivity index (χ1) is 14.9. The summed E-state index contributed by atoms with van der Waals surface area (Å²) in [4.78, 5) is 36.6. The maximum Gasteiger partial charge on any atom is 0.324 e. The minimum atomic E-state index is -0.735. The van der Waals surface area contributed by atoms with E-state index in [-0.39, 0.29) is 11.3 Å². The molecule has 3 aromatic rings. The Morgan fingerprint density at radius 1 is 0.903 bits per heavy atom. The molecular formula is C21H20N4O5S. The molecule has 0 saturated carbocycles. The van der Waals surface area contributed by atoms with Crippen LogP contribution in [0.2, 0.25) is 0 Å². The van der Waals surface area contributed by atoms with E-state index >= 15 is 0 Å². The van der Waals surface area contributed by atoms with Gasteiger partial charge < -0.3 is 25.8 Å². The number of amides is 4. The van der Waals surface area contributed by atoms with E-state index in [4.69, 9.17) is 15.2 Å². The number of primary amides is 1. The summed E-state index contributed by atoms with van der Waals surface area (Å²) >= 11 is 1.18. The number of para-hydroxylation sites is 1. The number of hydrogen-bond acceptors (Lipinski definition) is 6. The zero-order valence-corrected chi connectivity index (χ0v) is 17.5. The summed E-state index contributed by atoms with van der Waals surface area (Å²) in [6.45, 7) is 0. The fraction of sp³-hybridized carbons (Fsp3) is 0.0952. The van der Waals surface area contributed by atoms with Crippen molar-refractivity contribution in [3.05, 3.63) is 65.0 Å². The molecule has 0 bridgehead atoms. The number of anilines is 3. The zero-order chi connectivity index (χ0) is 22.4. The Bertz CT molecular complexity index is 1110. The number of rotatable bonds is 7. The van der Waals surface area contributed by atoms with Crippen LogP contribution in [0.4, 0.5) is 21.2 Å². The fourth-order valence-corrected chi connectivity index (χ4v) is 3.47. The van der Waals surface area contributed by atoms with Crippen molar-refractivity contribution in [2.45, 2.75) is 0 Å². The molecule has 0 aliphatic heterocycles. The van der Waals surface area contributed by atoms with E-state index in [1.165, 1.54) is 43.8 Å². The lowest BCUT2D eigenvalue weighted by molar-refractivity contribution is 0.100. The van der Waals surface area contributed by atoms with E-state index in [0.29, 0.717) is 27.8 Å². The maximum absolute atomic E-state index is 12.7. The molecule has 4 amide bonds. The largest absolute Gasteiger partial charge is 0.493 e. The predicted octanol–water partition coefficient (Wildman–Crippen LogP) is 3.76. The number of ether oxygens (including phenoxy) is 2. The lowest BCUT2D eigenvalue weighted by Gasteiger charge is -2.13. The third kappa shape index (κ3) is 5.31. The summed E-state index contributed by atoms with van der Waals surface area (Å²) in [5.74, 6) is -0.585. The van der Waals surface area contributed by atoms with Gasteiger partial charge in [0.25, 0.3) is 11.8 Å². The number of carbonyl (C=O) groups excluding carboxylic acids is 3. The van der Waals surface area contributed by atoms with Crippen molar-refractivity contribution in [2.24, 2.45) is 5.73 Å². The molecule has 0 atom stereocenters. The van der Waals surface area contributed by atoms with E-state index in [9.17, 15) is 14.4 Å². The molecule has 3 rings (SSSR count). The van der Waals surface area contributed by atoms with Gasteiger partial charge in [-0.2, -0.15) is 0 Å². The Labute approximate surface area is 182 Å². The molecule has 1 aromatic heterocycles. The lowest BCUT2D eigenvalue weighted by Crippen LogP contribution is -2.19. The van der Waals surface area contributed by atoms with Crippen molar-refractivity contribution >= 4 is 45.6 Å². The highest BCUT2D eigenvalue weighted by atomic mass is 32.1. The van der Waals surface area contributed by atoms with Gasteiger partial charge in [0.15, 0.2) is 11.5 Å². The van der Waals surface area contributed by atoms with Gasteiger partial charge in [0.2, 0.25) is 0 Å². The number of methoxy groups -OCH3 is 2. The van der Waals surface area contributed by atoms with Crippen molar-refractivity contribution in [2.75, 3.05) is 30.2 Å². The van der Waals surface area contributed by atoms with Crippen LogP contribution in [0, 0.1) is 0 Å². The van der Waals surface area contributed by atoms with E-state index in [1.54, 1.807) is 29.6 Å². The van der Waals surface area contributed by atoms with Gasteiger partial charge in [0.05, 0.1) is 36.0 Å². The third-order valence-electron chi connectivity index (χ3n) is 4.17. The average molecular weight is 440 g/mol. The molecule has 0 saturated heterocycles. The van der Waals surface area contributed by atoms with Crippen LogP contribution < -0.4 is 31.2 Å². The van der Waals surface area contributed by atoms with Gasteiger partial charge in [0, 0.05) is 17.1 Å². The Balaban J connectivity index is 1.72.